The minimum Gasteiger partial charge on any atom is -0.324 e. The van der Waals surface area contributed by atoms with Gasteiger partial charge in [-0.15, -0.1) is 0 Å². The minimum atomic E-state index is 0.0543. The molecule has 1 amide bonds. The van der Waals surface area contributed by atoms with Crippen LogP contribution in [0.15, 0.2) is 22.9 Å². The Bertz CT molecular complexity index is 324. The standard InChI is InChI=1S/C11H15BrN2O/c1-3-4-8(2)11(15)14-9-5-6-10(12)13-7-9/h5-8H,3-4H2,1-2H3,(H,14,15). The van der Waals surface area contributed by atoms with Gasteiger partial charge in [-0.3, -0.25) is 4.79 Å². The first kappa shape index (κ1) is 12.2. The van der Waals surface area contributed by atoms with Crippen molar-refractivity contribution < 1.29 is 4.79 Å². The van der Waals surface area contributed by atoms with Crippen LogP contribution in [0.3, 0.4) is 0 Å². The van der Waals surface area contributed by atoms with Crippen LogP contribution in [0, 0.1) is 5.92 Å². The first-order chi connectivity index (χ1) is 7.13. The maximum absolute atomic E-state index is 11.6. The van der Waals surface area contributed by atoms with Crippen molar-refractivity contribution >= 4 is 27.5 Å². The Kier molecular flexibility index (Phi) is 4.75. The second-order valence-corrected chi connectivity index (χ2v) is 4.36. The van der Waals surface area contributed by atoms with E-state index in [0.717, 1.165) is 23.1 Å². The summed E-state index contributed by atoms with van der Waals surface area (Å²) in [6.07, 6.45) is 3.57. The summed E-state index contributed by atoms with van der Waals surface area (Å²) in [5, 5.41) is 2.83. The van der Waals surface area contributed by atoms with E-state index in [4.69, 9.17) is 0 Å². The molecular weight excluding hydrogens is 256 g/mol. The zero-order valence-corrected chi connectivity index (χ0v) is 10.5. The van der Waals surface area contributed by atoms with Crippen LogP contribution in [0.2, 0.25) is 0 Å². The minimum absolute atomic E-state index is 0.0543. The molecule has 82 valence electrons. The molecule has 4 heteroatoms. The Labute approximate surface area is 98.4 Å². The van der Waals surface area contributed by atoms with Crippen LogP contribution in [0.5, 0.6) is 0 Å². The number of rotatable bonds is 4. The van der Waals surface area contributed by atoms with Gasteiger partial charge < -0.3 is 5.32 Å². The molecule has 0 fully saturated rings. The van der Waals surface area contributed by atoms with Crippen LogP contribution in [0.4, 0.5) is 5.69 Å². The van der Waals surface area contributed by atoms with Crippen molar-refractivity contribution in [3.8, 4) is 0 Å². The Morgan fingerprint density at radius 1 is 1.60 bits per heavy atom. The number of hydrogen-bond acceptors (Lipinski definition) is 2. The zero-order valence-electron chi connectivity index (χ0n) is 8.96. The fourth-order valence-electron chi connectivity index (χ4n) is 1.28. The molecule has 0 saturated heterocycles. The highest BCUT2D eigenvalue weighted by molar-refractivity contribution is 9.10. The summed E-state index contributed by atoms with van der Waals surface area (Å²) in [4.78, 5) is 15.7. The highest BCUT2D eigenvalue weighted by atomic mass is 79.9. The van der Waals surface area contributed by atoms with Crippen LogP contribution >= 0.6 is 15.9 Å². The molecule has 0 aliphatic heterocycles. The van der Waals surface area contributed by atoms with E-state index >= 15 is 0 Å². The number of nitrogens with one attached hydrogen (secondary N) is 1. The van der Waals surface area contributed by atoms with Crippen molar-refractivity contribution in [1.82, 2.24) is 4.98 Å². The monoisotopic (exact) mass is 270 g/mol. The van der Waals surface area contributed by atoms with Crippen molar-refractivity contribution in [3.63, 3.8) is 0 Å². The number of anilines is 1. The summed E-state index contributed by atoms with van der Waals surface area (Å²) in [6, 6.07) is 3.63. The summed E-state index contributed by atoms with van der Waals surface area (Å²) in [6.45, 7) is 4.01. The smallest absolute Gasteiger partial charge is 0.227 e. The first-order valence-corrected chi connectivity index (χ1v) is 5.85. The molecule has 1 atom stereocenters. The maximum Gasteiger partial charge on any atom is 0.227 e. The molecule has 1 rings (SSSR count). The number of nitrogens with zero attached hydrogens (tertiary/aromatic N) is 1. The van der Waals surface area contributed by atoms with Crippen LogP contribution in [0.1, 0.15) is 26.7 Å². The predicted octanol–water partition coefficient (Wildman–Crippen LogP) is 3.22. The van der Waals surface area contributed by atoms with Crippen molar-refractivity contribution in [2.45, 2.75) is 26.7 Å². The van der Waals surface area contributed by atoms with Gasteiger partial charge in [0, 0.05) is 5.92 Å². The van der Waals surface area contributed by atoms with Crippen LogP contribution in [-0.2, 0) is 4.79 Å². The first-order valence-electron chi connectivity index (χ1n) is 5.06. The molecule has 1 aromatic rings. The van der Waals surface area contributed by atoms with Crippen LogP contribution in [0.25, 0.3) is 0 Å². The number of pyridine rings is 1. The van der Waals surface area contributed by atoms with Crippen molar-refractivity contribution in [2.24, 2.45) is 5.92 Å². The second kappa shape index (κ2) is 5.85. The van der Waals surface area contributed by atoms with Gasteiger partial charge in [0.1, 0.15) is 4.60 Å². The van der Waals surface area contributed by atoms with Crippen LogP contribution in [-0.4, -0.2) is 10.9 Å². The third kappa shape index (κ3) is 4.00. The molecule has 0 radical (unpaired) electrons. The quantitative estimate of drug-likeness (QED) is 0.854. The molecule has 0 spiro atoms. The lowest BCUT2D eigenvalue weighted by Gasteiger charge is -2.10. The Balaban J connectivity index is 2.54. The molecule has 1 heterocycles. The molecule has 0 saturated carbocycles. The van der Waals surface area contributed by atoms with E-state index in [1.54, 1.807) is 12.3 Å². The van der Waals surface area contributed by atoms with Crippen LogP contribution < -0.4 is 5.32 Å². The van der Waals surface area contributed by atoms with E-state index in [9.17, 15) is 4.79 Å². The largest absolute Gasteiger partial charge is 0.324 e. The SMILES string of the molecule is CCCC(C)C(=O)Nc1ccc(Br)nc1. The molecule has 15 heavy (non-hydrogen) atoms. The molecular formula is C11H15BrN2O. The Morgan fingerprint density at radius 3 is 2.87 bits per heavy atom. The van der Waals surface area contributed by atoms with Crippen molar-refractivity contribution in [2.75, 3.05) is 5.32 Å². The summed E-state index contributed by atoms with van der Waals surface area (Å²) in [5.41, 5.74) is 0.742. The number of hydrogen-bond donors (Lipinski definition) is 1. The molecule has 1 unspecified atom stereocenters. The topological polar surface area (TPSA) is 42.0 Å². The van der Waals surface area contributed by atoms with Gasteiger partial charge in [-0.25, -0.2) is 4.98 Å². The lowest BCUT2D eigenvalue weighted by atomic mass is 10.1. The highest BCUT2D eigenvalue weighted by Gasteiger charge is 2.11. The summed E-state index contributed by atoms with van der Waals surface area (Å²) >= 11 is 3.24. The predicted molar refractivity (Wildman–Crippen MR) is 64.6 cm³/mol. The number of halogens is 1. The van der Waals surface area contributed by atoms with E-state index in [1.165, 1.54) is 0 Å². The van der Waals surface area contributed by atoms with Gasteiger partial charge in [-0.1, -0.05) is 20.3 Å². The van der Waals surface area contributed by atoms with E-state index in [-0.39, 0.29) is 11.8 Å². The lowest BCUT2D eigenvalue weighted by molar-refractivity contribution is -0.119. The summed E-state index contributed by atoms with van der Waals surface area (Å²) < 4.78 is 0.766. The molecule has 3 nitrogen and oxygen atoms in total. The van der Waals surface area contributed by atoms with Gasteiger partial charge >= 0.3 is 0 Å². The van der Waals surface area contributed by atoms with Gasteiger partial charge in [-0.05, 0) is 34.5 Å². The fraction of sp³-hybridized carbons (Fsp3) is 0.455. The van der Waals surface area contributed by atoms with Gasteiger partial charge in [0.25, 0.3) is 0 Å². The zero-order chi connectivity index (χ0) is 11.3. The average molecular weight is 271 g/mol. The molecule has 0 bridgehead atoms. The number of aromatic nitrogens is 1. The third-order valence-electron chi connectivity index (χ3n) is 2.16. The summed E-state index contributed by atoms with van der Waals surface area (Å²) in [5.74, 6) is 0.111. The maximum atomic E-state index is 11.6. The molecule has 0 aliphatic carbocycles. The lowest BCUT2D eigenvalue weighted by Crippen LogP contribution is -2.20. The highest BCUT2D eigenvalue weighted by Crippen LogP contribution is 2.13. The van der Waals surface area contributed by atoms with Crippen molar-refractivity contribution in [3.05, 3.63) is 22.9 Å². The Morgan fingerprint density at radius 2 is 2.33 bits per heavy atom. The van der Waals surface area contributed by atoms with Gasteiger partial charge in [0.15, 0.2) is 0 Å². The molecule has 0 aliphatic rings. The number of carbonyl (C=O) groups is 1. The van der Waals surface area contributed by atoms with E-state index in [1.807, 2.05) is 13.0 Å². The Hall–Kier alpha value is -0.900. The number of carbonyl (C=O) groups excluding carboxylic acids is 1. The van der Waals surface area contributed by atoms with E-state index < -0.39 is 0 Å². The van der Waals surface area contributed by atoms with Gasteiger partial charge in [0.05, 0.1) is 11.9 Å². The van der Waals surface area contributed by atoms with Crippen molar-refractivity contribution in [1.29, 1.82) is 0 Å². The fourth-order valence-corrected chi connectivity index (χ4v) is 1.51. The van der Waals surface area contributed by atoms with Gasteiger partial charge in [-0.2, -0.15) is 0 Å². The molecule has 1 aromatic heterocycles. The summed E-state index contributed by atoms with van der Waals surface area (Å²) in [7, 11) is 0. The second-order valence-electron chi connectivity index (χ2n) is 3.55. The molecule has 1 N–H and O–H groups in total. The van der Waals surface area contributed by atoms with E-state index in [2.05, 4.69) is 33.2 Å². The number of amides is 1. The third-order valence-corrected chi connectivity index (χ3v) is 2.63. The van der Waals surface area contributed by atoms with Gasteiger partial charge in [0.2, 0.25) is 5.91 Å². The average Bonchev–Trinajstić information content (AvgIpc) is 2.22. The normalized spacial score (nSPS) is 12.2. The van der Waals surface area contributed by atoms with E-state index in [0.29, 0.717) is 0 Å². The molecule has 0 aromatic carbocycles.